The molecule has 0 bridgehead atoms. The average Bonchev–Trinajstić information content (AvgIpc) is 2.53. The van der Waals surface area contributed by atoms with Crippen LogP contribution in [0.1, 0.15) is 34.6 Å². The van der Waals surface area contributed by atoms with Crippen molar-refractivity contribution in [3.63, 3.8) is 0 Å². The third-order valence-electron chi connectivity index (χ3n) is 2.94. The van der Waals surface area contributed by atoms with Crippen molar-refractivity contribution in [2.75, 3.05) is 6.61 Å². The summed E-state index contributed by atoms with van der Waals surface area (Å²) in [6, 6.07) is 11.5. The Morgan fingerprint density at radius 2 is 2.00 bits per heavy atom. The molecule has 0 atom stereocenters. The summed E-state index contributed by atoms with van der Waals surface area (Å²) in [5.41, 5.74) is 0.846. The van der Waals surface area contributed by atoms with Gasteiger partial charge in [0.25, 0.3) is 0 Å². The molecule has 23 heavy (non-hydrogen) atoms. The number of hydrogen-bond donors (Lipinski definition) is 0. The quantitative estimate of drug-likeness (QED) is 0.422. The highest BCUT2D eigenvalue weighted by atomic mass is 79.9. The summed E-state index contributed by atoms with van der Waals surface area (Å²) in [7, 11) is 0. The van der Waals surface area contributed by atoms with E-state index in [-0.39, 0.29) is 0 Å². The van der Waals surface area contributed by atoms with Crippen LogP contribution in [0.5, 0.6) is 11.5 Å². The third kappa shape index (κ3) is 4.93. The number of carbonyl (C=O) groups is 2. The zero-order valence-electron chi connectivity index (χ0n) is 12.9. The van der Waals surface area contributed by atoms with E-state index in [1.165, 1.54) is 6.07 Å². The van der Waals surface area contributed by atoms with E-state index in [1.54, 1.807) is 36.4 Å². The first kappa shape index (κ1) is 17.2. The average molecular weight is 377 g/mol. The van der Waals surface area contributed by atoms with Crippen LogP contribution in [0, 0.1) is 5.92 Å². The van der Waals surface area contributed by atoms with Crippen molar-refractivity contribution >= 4 is 28.2 Å². The smallest absolute Gasteiger partial charge is 0.343 e. The Labute approximate surface area is 143 Å². The van der Waals surface area contributed by atoms with E-state index in [0.717, 1.165) is 0 Å². The minimum absolute atomic E-state index is 0.329. The van der Waals surface area contributed by atoms with Crippen LogP contribution >= 0.6 is 15.9 Å². The number of rotatable bonds is 6. The molecule has 0 saturated carbocycles. The third-order valence-corrected chi connectivity index (χ3v) is 3.56. The second kappa shape index (κ2) is 7.92. The van der Waals surface area contributed by atoms with Gasteiger partial charge in [0.1, 0.15) is 17.8 Å². The molecule has 2 aromatic carbocycles. The van der Waals surface area contributed by atoms with Gasteiger partial charge in [-0.2, -0.15) is 0 Å². The molecule has 0 N–H and O–H groups in total. The molecule has 0 fully saturated rings. The van der Waals surface area contributed by atoms with Gasteiger partial charge in [0, 0.05) is 5.56 Å². The van der Waals surface area contributed by atoms with Crippen LogP contribution in [0.15, 0.2) is 46.9 Å². The van der Waals surface area contributed by atoms with Crippen LogP contribution in [0.3, 0.4) is 0 Å². The second-order valence-electron chi connectivity index (χ2n) is 5.43. The molecule has 2 rings (SSSR count). The number of hydrogen-bond acceptors (Lipinski definition) is 4. The zero-order valence-corrected chi connectivity index (χ0v) is 14.5. The SMILES string of the molecule is CC(C)COc1ccc(C(=O)Oc2cccc(C=O)c2)cc1Br. The number of aldehydes is 1. The summed E-state index contributed by atoms with van der Waals surface area (Å²) in [6.45, 7) is 4.72. The first-order valence-electron chi connectivity index (χ1n) is 7.19. The molecule has 120 valence electrons. The van der Waals surface area contributed by atoms with Gasteiger partial charge in [-0.1, -0.05) is 26.0 Å². The second-order valence-corrected chi connectivity index (χ2v) is 6.28. The predicted molar refractivity (Wildman–Crippen MR) is 91.3 cm³/mol. The fourth-order valence-electron chi connectivity index (χ4n) is 1.82. The molecule has 0 amide bonds. The maximum atomic E-state index is 12.2. The summed E-state index contributed by atoms with van der Waals surface area (Å²) >= 11 is 3.39. The largest absolute Gasteiger partial charge is 0.492 e. The van der Waals surface area contributed by atoms with Crippen molar-refractivity contribution in [2.45, 2.75) is 13.8 Å². The minimum atomic E-state index is -0.496. The maximum absolute atomic E-state index is 12.2. The van der Waals surface area contributed by atoms with Crippen molar-refractivity contribution in [1.29, 1.82) is 0 Å². The van der Waals surface area contributed by atoms with E-state index >= 15 is 0 Å². The van der Waals surface area contributed by atoms with Crippen LogP contribution in [0.25, 0.3) is 0 Å². The normalized spacial score (nSPS) is 10.4. The van der Waals surface area contributed by atoms with Gasteiger partial charge in [0.2, 0.25) is 0 Å². The number of ether oxygens (including phenoxy) is 2. The van der Waals surface area contributed by atoms with Gasteiger partial charge in [0.15, 0.2) is 0 Å². The van der Waals surface area contributed by atoms with E-state index in [9.17, 15) is 9.59 Å². The number of carbonyl (C=O) groups excluding carboxylic acids is 2. The number of benzene rings is 2. The summed E-state index contributed by atoms with van der Waals surface area (Å²) in [4.78, 5) is 22.9. The van der Waals surface area contributed by atoms with Crippen LogP contribution in [0.2, 0.25) is 0 Å². The van der Waals surface area contributed by atoms with Gasteiger partial charge in [0.05, 0.1) is 16.6 Å². The first-order chi connectivity index (χ1) is 11.0. The highest BCUT2D eigenvalue weighted by Gasteiger charge is 2.12. The van der Waals surface area contributed by atoms with Crippen molar-refractivity contribution in [3.05, 3.63) is 58.1 Å². The maximum Gasteiger partial charge on any atom is 0.343 e. The van der Waals surface area contributed by atoms with Crippen LogP contribution in [0.4, 0.5) is 0 Å². The molecule has 0 aliphatic carbocycles. The number of esters is 1. The van der Waals surface area contributed by atoms with Crippen molar-refractivity contribution < 1.29 is 19.1 Å². The Hall–Kier alpha value is -2.14. The van der Waals surface area contributed by atoms with Gasteiger partial charge in [-0.25, -0.2) is 4.79 Å². The molecular weight excluding hydrogens is 360 g/mol. The lowest BCUT2D eigenvalue weighted by Gasteiger charge is -2.11. The molecule has 0 aliphatic heterocycles. The monoisotopic (exact) mass is 376 g/mol. The highest BCUT2D eigenvalue weighted by molar-refractivity contribution is 9.10. The lowest BCUT2D eigenvalue weighted by atomic mass is 10.2. The topological polar surface area (TPSA) is 52.6 Å². The van der Waals surface area contributed by atoms with E-state index in [1.807, 2.05) is 0 Å². The summed E-state index contributed by atoms with van der Waals surface area (Å²) in [5.74, 6) is 0.926. The Balaban J connectivity index is 2.10. The molecule has 0 saturated heterocycles. The van der Waals surface area contributed by atoms with Crippen LogP contribution < -0.4 is 9.47 Å². The molecule has 0 spiro atoms. The van der Waals surface area contributed by atoms with E-state index in [0.29, 0.717) is 45.9 Å². The fourth-order valence-corrected chi connectivity index (χ4v) is 2.31. The standard InChI is InChI=1S/C18H17BrO4/c1-12(2)11-22-17-7-6-14(9-16(17)19)18(21)23-15-5-3-4-13(8-15)10-20/h3-10,12H,11H2,1-2H3. The van der Waals surface area contributed by atoms with E-state index in [4.69, 9.17) is 9.47 Å². The fraction of sp³-hybridized carbons (Fsp3) is 0.222. The Morgan fingerprint density at radius 3 is 2.65 bits per heavy atom. The Morgan fingerprint density at radius 1 is 1.22 bits per heavy atom. The summed E-state index contributed by atoms with van der Waals surface area (Å²) in [5, 5.41) is 0. The van der Waals surface area contributed by atoms with E-state index in [2.05, 4.69) is 29.8 Å². The molecule has 0 unspecified atom stereocenters. The van der Waals surface area contributed by atoms with Crippen molar-refractivity contribution in [1.82, 2.24) is 0 Å². The summed E-state index contributed by atoms with van der Waals surface area (Å²) in [6.07, 6.45) is 0.703. The minimum Gasteiger partial charge on any atom is -0.492 e. The lowest BCUT2D eigenvalue weighted by molar-refractivity contribution is 0.0734. The molecule has 0 radical (unpaired) electrons. The molecular formula is C18H17BrO4. The van der Waals surface area contributed by atoms with Crippen molar-refractivity contribution in [2.24, 2.45) is 5.92 Å². The van der Waals surface area contributed by atoms with Gasteiger partial charge in [-0.3, -0.25) is 4.79 Å². The number of halogens is 1. The molecule has 4 nitrogen and oxygen atoms in total. The predicted octanol–water partition coefficient (Wildman–Crippen LogP) is 4.52. The van der Waals surface area contributed by atoms with Crippen LogP contribution in [-0.4, -0.2) is 18.9 Å². The molecule has 2 aromatic rings. The first-order valence-corrected chi connectivity index (χ1v) is 7.98. The van der Waals surface area contributed by atoms with Gasteiger partial charge < -0.3 is 9.47 Å². The summed E-state index contributed by atoms with van der Waals surface area (Å²) < 4.78 is 11.6. The lowest BCUT2D eigenvalue weighted by Crippen LogP contribution is -2.09. The Bertz CT molecular complexity index is 710. The van der Waals surface area contributed by atoms with Crippen molar-refractivity contribution in [3.8, 4) is 11.5 Å². The van der Waals surface area contributed by atoms with Gasteiger partial charge in [-0.15, -0.1) is 0 Å². The van der Waals surface area contributed by atoms with Gasteiger partial charge >= 0.3 is 5.97 Å². The van der Waals surface area contributed by atoms with Gasteiger partial charge in [-0.05, 0) is 52.2 Å². The Kier molecular flexibility index (Phi) is 5.93. The van der Waals surface area contributed by atoms with E-state index < -0.39 is 5.97 Å². The molecule has 5 heteroatoms. The van der Waals surface area contributed by atoms with Crippen LogP contribution in [-0.2, 0) is 0 Å². The highest BCUT2D eigenvalue weighted by Crippen LogP contribution is 2.27. The zero-order chi connectivity index (χ0) is 16.8. The molecule has 0 aromatic heterocycles. The molecule has 0 aliphatic rings. The molecule has 0 heterocycles.